The van der Waals surface area contributed by atoms with Crippen molar-refractivity contribution in [1.82, 2.24) is 10.6 Å². The third-order valence-corrected chi connectivity index (χ3v) is 3.14. The maximum absolute atomic E-state index is 12.7. The average Bonchev–Trinajstić information content (AvgIpc) is 2.36. The van der Waals surface area contributed by atoms with Gasteiger partial charge in [-0.2, -0.15) is 26.3 Å². The lowest BCUT2D eigenvalue weighted by Crippen LogP contribution is -2.67. The predicted octanol–water partition coefficient (Wildman–Crippen LogP) is 3.93. The van der Waals surface area contributed by atoms with Gasteiger partial charge in [-0.3, -0.25) is 0 Å². The van der Waals surface area contributed by atoms with E-state index < -0.39 is 30.0 Å². The minimum absolute atomic E-state index is 0.125. The number of alkyl halides is 6. The quantitative estimate of drug-likeness (QED) is 0.811. The molecule has 22 heavy (non-hydrogen) atoms. The highest BCUT2D eigenvalue weighted by atomic mass is 19.4. The van der Waals surface area contributed by atoms with Crippen LogP contribution in [0.1, 0.15) is 25.5 Å². The molecule has 0 unspecified atom stereocenters. The first kappa shape index (κ1) is 18.1. The molecule has 0 aliphatic heterocycles. The third-order valence-electron chi connectivity index (χ3n) is 3.14. The molecular formula is C13H14F6N2O. The van der Waals surface area contributed by atoms with Crippen LogP contribution in [0.15, 0.2) is 30.3 Å². The number of nitrogens with one attached hydrogen (secondary N) is 2. The van der Waals surface area contributed by atoms with Gasteiger partial charge in [-0.15, -0.1) is 0 Å². The summed E-state index contributed by atoms with van der Waals surface area (Å²) < 4.78 is 76.0. The number of benzene rings is 1. The SMILES string of the molecule is C[C@H](NC(=O)NC(C)(C(F)(F)F)C(F)(F)F)c1ccccc1. The standard InChI is InChI=1S/C13H14F6N2O/c1-8(9-6-4-3-5-7-9)20-10(22)21-11(2,12(14,15)16)13(17,18)19/h3-8H,1-2H3,(H2,20,21,22)/t8-/m0/s1. The molecule has 2 amide bonds. The van der Waals surface area contributed by atoms with Crippen molar-refractivity contribution in [3.8, 4) is 0 Å². The maximum atomic E-state index is 12.7. The number of carbonyl (C=O) groups excluding carboxylic acids is 1. The van der Waals surface area contributed by atoms with Crippen LogP contribution in [0.25, 0.3) is 0 Å². The molecule has 1 aromatic rings. The van der Waals surface area contributed by atoms with Crippen LogP contribution in [0.4, 0.5) is 31.1 Å². The number of urea groups is 1. The number of rotatable bonds is 3. The first-order valence-corrected chi connectivity index (χ1v) is 6.15. The van der Waals surface area contributed by atoms with Crippen molar-refractivity contribution in [3.63, 3.8) is 0 Å². The van der Waals surface area contributed by atoms with E-state index in [1.165, 1.54) is 6.92 Å². The number of halogens is 6. The summed E-state index contributed by atoms with van der Waals surface area (Å²) in [6.07, 6.45) is -11.4. The molecule has 0 aromatic heterocycles. The Labute approximate surface area is 122 Å². The molecule has 9 heteroatoms. The molecule has 0 saturated carbocycles. The van der Waals surface area contributed by atoms with Crippen LogP contribution in [0.2, 0.25) is 0 Å². The summed E-state index contributed by atoms with van der Waals surface area (Å²) in [5.74, 6) is 0. The van der Waals surface area contributed by atoms with E-state index >= 15 is 0 Å². The van der Waals surface area contributed by atoms with Gasteiger partial charge in [0.2, 0.25) is 5.54 Å². The van der Waals surface area contributed by atoms with Gasteiger partial charge in [0, 0.05) is 0 Å². The normalized spacial score (nSPS) is 14.4. The Balaban J connectivity index is 2.86. The predicted molar refractivity (Wildman–Crippen MR) is 67.0 cm³/mol. The van der Waals surface area contributed by atoms with E-state index in [0.29, 0.717) is 5.56 Å². The second kappa shape index (κ2) is 6.05. The monoisotopic (exact) mass is 328 g/mol. The second-order valence-electron chi connectivity index (χ2n) is 4.85. The molecule has 2 N–H and O–H groups in total. The average molecular weight is 328 g/mol. The number of amides is 2. The van der Waals surface area contributed by atoms with Crippen molar-refractivity contribution in [3.05, 3.63) is 35.9 Å². The van der Waals surface area contributed by atoms with Gasteiger partial charge in [-0.25, -0.2) is 4.79 Å². The van der Waals surface area contributed by atoms with Gasteiger partial charge in [0.15, 0.2) is 0 Å². The zero-order valence-electron chi connectivity index (χ0n) is 11.6. The number of hydrogen-bond acceptors (Lipinski definition) is 1. The molecule has 0 bridgehead atoms. The minimum Gasteiger partial charge on any atom is -0.332 e. The Morgan fingerprint density at radius 1 is 1.00 bits per heavy atom. The molecule has 124 valence electrons. The van der Waals surface area contributed by atoms with E-state index in [1.807, 2.05) is 5.32 Å². The van der Waals surface area contributed by atoms with Crippen LogP contribution in [0, 0.1) is 0 Å². The summed E-state index contributed by atoms with van der Waals surface area (Å²) in [4.78, 5) is 11.5. The van der Waals surface area contributed by atoms with E-state index in [4.69, 9.17) is 0 Å². The van der Waals surface area contributed by atoms with Gasteiger partial charge >= 0.3 is 18.4 Å². The molecule has 0 aliphatic carbocycles. The molecular weight excluding hydrogens is 314 g/mol. The molecule has 1 atom stereocenters. The highest BCUT2D eigenvalue weighted by molar-refractivity contribution is 5.75. The largest absolute Gasteiger partial charge is 0.420 e. The summed E-state index contributed by atoms with van der Waals surface area (Å²) in [6.45, 7) is 1.31. The zero-order chi connectivity index (χ0) is 17.2. The summed E-state index contributed by atoms with van der Waals surface area (Å²) in [5, 5.41) is 3.02. The van der Waals surface area contributed by atoms with Crippen LogP contribution >= 0.6 is 0 Å². The van der Waals surface area contributed by atoms with E-state index in [1.54, 1.807) is 30.3 Å². The topological polar surface area (TPSA) is 41.1 Å². The molecule has 3 nitrogen and oxygen atoms in total. The van der Waals surface area contributed by atoms with Crippen molar-refractivity contribution in [1.29, 1.82) is 0 Å². The molecule has 0 radical (unpaired) electrons. The number of carbonyl (C=O) groups is 1. The van der Waals surface area contributed by atoms with Crippen molar-refractivity contribution in [2.45, 2.75) is 37.8 Å². The van der Waals surface area contributed by atoms with E-state index in [2.05, 4.69) is 0 Å². The van der Waals surface area contributed by atoms with Gasteiger partial charge in [0.1, 0.15) is 0 Å². The molecule has 0 saturated heterocycles. The molecule has 0 aliphatic rings. The van der Waals surface area contributed by atoms with Crippen LogP contribution < -0.4 is 10.6 Å². The van der Waals surface area contributed by atoms with Gasteiger partial charge in [-0.1, -0.05) is 30.3 Å². The van der Waals surface area contributed by atoms with Crippen molar-refractivity contribution >= 4 is 6.03 Å². The third kappa shape index (κ3) is 3.83. The van der Waals surface area contributed by atoms with Gasteiger partial charge in [0.05, 0.1) is 6.04 Å². The minimum atomic E-state index is -5.68. The zero-order valence-corrected chi connectivity index (χ0v) is 11.6. The Hall–Kier alpha value is -1.93. The highest BCUT2D eigenvalue weighted by Crippen LogP contribution is 2.42. The fraction of sp³-hybridized carbons (Fsp3) is 0.462. The summed E-state index contributed by atoms with van der Waals surface area (Å²) >= 11 is 0. The Bertz CT molecular complexity index is 498. The fourth-order valence-electron chi connectivity index (χ4n) is 1.59. The lowest BCUT2D eigenvalue weighted by atomic mass is 10.0. The lowest BCUT2D eigenvalue weighted by molar-refractivity contribution is -0.297. The first-order chi connectivity index (χ1) is 9.88. The molecule has 1 aromatic carbocycles. The van der Waals surface area contributed by atoms with E-state index in [0.717, 1.165) is 5.32 Å². The summed E-state index contributed by atoms with van der Waals surface area (Å²) in [6, 6.07) is 5.78. The first-order valence-electron chi connectivity index (χ1n) is 6.15. The fourth-order valence-corrected chi connectivity index (χ4v) is 1.59. The van der Waals surface area contributed by atoms with Gasteiger partial charge in [0.25, 0.3) is 0 Å². The van der Waals surface area contributed by atoms with Crippen LogP contribution in [0.5, 0.6) is 0 Å². The Kier molecular flexibility index (Phi) is 4.99. The van der Waals surface area contributed by atoms with Gasteiger partial charge in [-0.05, 0) is 19.4 Å². The number of hydrogen-bond donors (Lipinski definition) is 2. The Morgan fingerprint density at radius 3 is 1.86 bits per heavy atom. The maximum Gasteiger partial charge on any atom is 0.420 e. The van der Waals surface area contributed by atoms with Gasteiger partial charge < -0.3 is 10.6 Å². The molecule has 0 spiro atoms. The van der Waals surface area contributed by atoms with E-state index in [9.17, 15) is 31.1 Å². The van der Waals surface area contributed by atoms with Crippen LogP contribution in [-0.4, -0.2) is 23.9 Å². The summed E-state index contributed by atoms with van der Waals surface area (Å²) in [7, 11) is 0. The van der Waals surface area contributed by atoms with E-state index in [-0.39, 0.29) is 6.92 Å². The summed E-state index contributed by atoms with van der Waals surface area (Å²) in [5.41, 5.74) is -3.79. The lowest BCUT2D eigenvalue weighted by Gasteiger charge is -2.34. The van der Waals surface area contributed by atoms with Crippen molar-refractivity contribution in [2.24, 2.45) is 0 Å². The highest BCUT2D eigenvalue weighted by Gasteiger charge is 2.68. The molecule has 0 heterocycles. The van der Waals surface area contributed by atoms with Crippen LogP contribution in [0.3, 0.4) is 0 Å². The smallest absolute Gasteiger partial charge is 0.332 e. The van der Waals surface area contributed by atoms with Crippen molar-refractivity contribution in [2.75, 3.05) is 0 Å². The molecule has 1 rings (SSSR count). The Morgan fingerprint density at radius 2 is 1.45 bits per heavy atom. The van der Waals surface area contributed by atoms with Crippen molar-refractivity contribution < 1.29 is 31.1 Å². The molecule has 0 fully saturated rings. The second-order valence-corrected chi connectivity index (χ2v) is 4.85. The van der Waals surface area contributed by atoms with Crippen LogP contribution in [-0.2, 0) is 0 Å².